The summed E-state index contributed by atoms with van der Waals surface area (Å²) >= 11 is 5.98. The van der Waals surface area contributed by atoms with Gasteiger partial charge in [-0.25, -0.2) is 0 Å². The Morgan fingerprint density at radius 3 is 2.57 bits per heavy atom. The van der Waals surface area contributed by atoms with E-state index in [1.165, 1.54) is 11.8 Å². The second-order valence-corrected chi connectivity index (χ2v) is 8.51. The first kappa shape index (κ1) is 20.9. The number of hydrogen-bond acceptors (Lipinski definition) is 4. The zero-order valence-electron chi connectivity index (χ0n) is 17.1. The Hall–Kier alpha value is -2.31. The van der Waals surface area contributed by atoms with Crippen LogP contribution in [0.15, 0.2) is 47.1 Å². The van der Waals surface area contributed by atoms with Gasteiger partial charge >= 0.3 is 0 Å². The predicted octanol–water partition coefficient (Wildman–Crippen LogP) is 3.66. The van der Waals surface area contributed by atoms with Gasteiger partial charge < -0.3 is 14.2 Å². The molecule has 2 amide bonds. The summed E-state index contributed by atoms with van der Waals surface area (Å²) < 4.78 is 5.29. The highest BCUT2D eigenvalue weighted by atomic mass is 35.5. The third kappa shape index (κ3) is 4.87. The molecule has 2 fully saturated rings. The molecule has 30 heavy (non-hydrogen) atoms. The minimum Gasteiger partial charge on any atom is -0.459 e. The van der Waals surface area contributed by atoms with Gasteiger partial charge in [-0.1, -0.05) is 23.7 Å². The molecule has 1 unspecified atom stereocenters. The van der Waals surface area contributed by atoms with Crippen molar-refractivity contribution in [1.29, 1.82) is 0 Å². The summed E-state index contributed by atoms with van der Waals surface area (Å²) in [5.41, 5.74) is 1.22. The van der Waals surface area contributed by atoms with Crippen molar-refractivity contribution >= 4 is 23.4 Å². The minimum absolute atomic E-state index is 0.0722. The number of carbonyl (C=O) groups is 2. The topological polar surface area (TPSA) is 57.0 Å². The second kappa shape index (κ2) is 9.67. The van der Waals surface area contributed by atoms with Crippen LogP contribution >= 0.6 is 11.6 Å². The molecule has 1 aromatic carbocycles. The van der Waals surface area contributed by atoms with Crippen LogP contribution in [-0.2, 0) is 11.3 Å². The molecule has 1 aromatic heterocycles. The van der Waals surface area contributed by atoms with Crippen molar-refractivity contribution in [2.24, 2.45) is 0 Å². The molecule has 4 rings (SSSR count). The molecule has 0 saturated carbocycles. The number of likely N-dealkylation sites (tertiary alicyclic amines) is 1. The molecule has 2 saturated heterocycles. The molecule has 1 atom stereocenters. The van der Waals surface area contributed by atoms with Crippen molar-refractivity contribution in [2.75, 3.05) is 32.7 Å². The SMILES string of the molecule is O=C(C1CCCCN1C(=O)c1ccco1)N1CCCN(Cc2ccc(Cl)cc2)CC1. The molecule has 6 nitrogen and oxygen atoms in total. The average molecular weight is 430 g/mol. The van der Waals surface area contributed by atoms with Gasteiger partial charge in [-0.15, -0.1) is 0 Å². The van der Waals surface area contributed by atoms with E-state index in [-0.39, 0.29) is 17.9 Å². The van der Waals surface area contributed by atoms with Gasteiger partial charge in [0.15, 0.2) is 5.76 Å². The maximum atomic E-state index is 13.4. The fraction of sp³-hybridized carbons (Fsp3) is 0.478. The Morgan fingerprint density at radius 1 is 0.967 bits per heavy atom. The van der Waals surface area contributed by atoms with Crippen LogP contribution in [0.1, 0.15) is 41.8 Å². The van der Waals surface area contributed by atoms with E-state index in [0.29, 0.717) is 18.8 Å². The van der Waals surface area contributed by atoms with E-state index in [2.05, 4.69) is 17.0 Å². The number of nitrogens with zero attached hydrogens (tertiary/aromatic N) is 3. The lowest BCUT2D eigenvalue weighted by Crippen LogP contribution is -2.53. The summed E-state index contributed by atoms with van der Waals surface area (Å²) in [7, 11) is 0. The van der Waals surface area contributed by atoms with E-state index in [0.717, 1.165) is 56.9 Å². The Balaban J connectivity index is 1.38. The Labute approximate surface area is 182 Å². The van der Waals surface area contributed by atoms with Gasteiger partial charge in [0.2, 0.25) is 5.91 Å². The number of halogens is 1. The first-order valence-corrected chi connectivity index (χ1v) is 11.1. The molecule has 0 spiro atoms. The molecule has 2 aliphatic heterocycles. The lowest BCUT2D eigenvalue weighted by Gasteiger charge is -2.37. The van der Waals surface area contributed by atoms with Crippen molar-refractivity contribution in [2.45, 2.75) is 38.3 Å². The van der Waals surface area contributed by atoms with Crippen molar-refractivity contribution in [3.05, 3.63) is 59.0 Å². The zero-order chi connectivity index (χ0) is 20.9. The van der Waals surface area contributed by atoms with Gasteiger partial charge in [0.05, 0.1) is 6.26 Å². The highest BCUT2D eigenvalue weighted by molar-refractivity contribution is 6.30. The van der Waals surface area contributed by atoms with Crippen molar-refractivity contribution < 1.29 is 14.0 Å². The van der Waals surface area contributed by atoms with E-state index in [1.54, 1.807) is 17.0 Å². The molecule has 160 valence electrons. The fourth-order valence-corrected chi connectivity index (χ4v) is 4.51. The van der Waals surface area contributed by atoms with E-state index >= 15 is 0 Å². The molecule has 2 aliphatic rings. The predicted molar refractivity (Wildman–Crippen MR) is 115 cm³/mol. The van der Waals surface area contributed by atoms with Crippen LogP contribution in [0.5, 0.6) is 0 Å². The fourth-order valence-electron chi connectivity index (χ4n) is 4.38. The molecule has 2 aromatic rings. The van der Waals surface area contributed by atoms with Crippen LogP contribution in [-0.4, -0.2) is 65.3 Å². The Morgan fingerprint density at radius 2 is 1.80 bits per heavy atom. The molecule has 0 bridgehead atoms. The summed E-state index contributed by atoms with van der Waals surface area (Å²) in [5.74, 6) is 0.194. The van der Waals surface area contributed by atoms with Crippen LogP contribution in [0.4, 0.5) is 0 Å². The smallest absolute Gasteiger partial charge is 0.290 e. The summed E-state index contributed by atoms with van der Waals surface area (Å²) in [6.45, 7) is 4.65. The lowest BCUT2D eigenvalue weighted by atomic mass is 10.00. The highest BCUT2D eigenvalue weighted by Gasteiger charge is 2.36. The standard InChI is InChI=1S/C23H28ClN3O3/c24-19-9-7-18(8-10-19)17-25-11-4-12-26(15-14-25)22(28)20-5-1-2-13-27(20)23(29)21-6-3-16-30-21/h3,6-10,16,20H,1-2,4-5,11-15,17H2. The molecular formula is C23H28ClN3O3. The molecule has 7 heteroatoms. The van der Waals surface area contributed by atoms with Crippen LogP contribution < -0.4 is 0 Å². The van der Waals surface area contributed by atoms with E-state index < -0.39 is 0 Å². The lowest BCUT2D eigenvalue weighted by molar-refractivity contribution is -0.137. The first-order valence-electron chi connectivity index (χ1n) is 10.7. The molecule has 0 N–H and O–H groups in total. The molecule has 0 radical (unpaired) electrons. The number of carbonyl (C=O) groups excluding carboxylic acids is 2. The number of piperidine rings is 1. The number of amides is 2. The van der Waals surface area contributed by atoms with Gasteiger partial charge in [-0.2, -0.15) is 0 Å². The third-order valence-corrected chi connectivity index (χ3v) is 6.25. The third-order valence-electron chi connectivity index (χ3n) is 6.00. The van der Waals surface area contributed by atoms with E-state index in [4.69, 9.17) is 16.0 Å². The first-order chi connectivity index (χ1) is 14.6. The largest absolute Gasteiger partial charge is 0.459 e. The van der Waals surface area contributed by atoms with E-state index in [9.17, 15) is 9.59 Å². The van der Waals surface area contributed by atoms with Crippen molar-refractivity contribution in [3.63, 3.8) is 0 Å². The van der Waals surface area contributed by atoms with Crippen LogP contribution in [0, 0.1) is 0 Å². The maximum absolute atomic E-state index is 13.4. The monoisotopic (exact) mass is 429 g/mol. The maximum Gasteiger partial charge on any atom is 0.290 e. The van der Waals surface area contributed by atoms with Crippen LogP contribution in [0.2, 0.25) is 5.02 Å². The summed E-state index contributed by atoms with van der Waals surface area (Å²) in [6.07, 6.45) is 5.03. The zero-order valence-corrected chi connectivity index (χ0v) is 17.9. The number of hydrogen-bond donors (Lipinski definition) is 0. The number of benzene rings is 1. The molecular weight excluding hydrogens is 402 g/mol. The Kier molecular flexibility index (Phi) is 6.75. The quantitative estimate of drug-likeness (QED) is 0.744. The van der Waals surface area contributed by atoms with Gasteiger partial charge in [-0.05, 0) is 55.5 Å². The van der Waals surface area contributed by atoms with Crippen molar-refractivity contribution in [1.82, 2.24) is 14.7 Å². The van der Waals surface area contributed by atoms with Gasteiger partial charge in [0.25, 0.3) is 5.91 Å². The van der Waals surface area contributed by atoms with Crippen LogP contribution in [0.25, 0.3) is 0 Å². The highest BCUT2D eigenvalue weighted by Crippen LogP contribution is 2.23. The van der Waals surface area contributed by atoms with Crippen molar-refractivity contribution in [3.8, 4) is 0 Å². The van der Waals surface area contributed by atoms with Gasteiger partial charge in [-0.3, -0.25) is 14.5 Å². The average Bonchev–Trinajstić information content (AvgIpc) is 3.21. The Bertz CT molecular complexity index is 853. The molecule has 0 aliphatic carbocycles. The summed E-state index contributed by atoms with van der Waals surface area (Å²) in [6, 6.07) is 10.9. The number of rotatable bonds is 4. The van der Waals surface area contributed by atoms with Crippen LogP contribution in [0.3, 0.4) is 0 Å². The normalized spacial score (nSPS) is 20.8. The second-order valence-electron chi connectivity index (χ2n) is 8.07. The summed E-state index contributed by atoms with van der Waals surface area (Å²) in [5, 5.41) is 0.743. The number of furan rings is 1. The molecule has 3 heterocycles. The minimum atomic E-state index is -0.390. The van der Waals surface area contributed by atoms with Gasteiger partial charge in [0.1, 0.15) is 6.04 Å². The van der Waals surface area contributed by atoms with E-state index in [1.807, 2.05) is 17.0 Å². The summed E-state index contributed by atoms with van der Waals surface area (Å²) in [4.78, 5) is 32.2. The van der Waals surface area contributed by atoms with Gasteiger partial charge in [0, 0.05) is 44.3 Å².